The summed E-state index contributed by atoms with van der Waals surface area (Å²) in [5, 5.41) is 2.04. The van der Waals surface area contributed by atoms with Gasteiger partial charge >= 0.3 is 6.09 Å². The molecule has 2 bridgehead atoms. The van der Waals surface area contributed by atoms with E-state index in [1.807, 2.05) is 51.0 Å². The van der Waals surface area contributed by atoms with E-state index in [0.29, 0.717) is 28.7 Å². The predicted octanol–water partition coefficient (Wildman–Crippen LogP) is 6.87. The second-order valence-electron chi connectivity index (χ2n) is 10.5. The molecule has 2 aromatic carbocycles. The molecule has 5 rings (SSSR count). The highest BCUT2D eigenvalue weighted by molar-refractivity contribution is 7.99. The Morgan fingerprint density at radius 3 is 2.46 bits per heavy atom. The Balaban J connectivity index is 1.23. The van der Waals surface area contributed by atoms with Crippen molar-refractivity contribution in [3.63, 3.8) is 0 Å². The average molecular weight is 559 g/mol. The maximum Gasteiger partial charge on any atom is 0.410 e. The molecule has 0 aliphatic carbocycles. The molecule has 37 heavy (non-hydrogen) atoms. The Kier molecular flexibility index (Phi) is 6.98. The van der Waals surface area contributed by atoms with E-state index < -0.39 is 5.60 Å². The lowest BCUT2D eigenvalue weighted by Gasteiger charge is -2.34. The van der Waals surface area contributed by atoms with Crippen molar-refractivity contribution in [2.24, 2.45) is 7.05 Å². The van der Waals surface area contributed by atoms with Gasteiger partial charge in [0.1, 0.15) is 5.60 Å². The van der Waals surface area contributed by atoms with Crippen molar-refractivity contribution in [1.29, 1.82) is 0 Å². The molecule has 2 amide bonds. The number of rotatable bonds is 4. The van der Waals surface area contributed by atoms with Crippen molar-refractivity contribution in [1.82, 2.24) is 14.4 Å². The quantitative estimate of drug-likeness (QED) is 0.328. The number of hydrogen-bond acceptors (Lipinski definition) is 4. The molecule has 0 spiro atoms. The van der Waals surface area contributed by atoms with Crippen LogP contribution in [0.3, 0.4) is 0 Å². The summed E-state index contributed by atoms with van der Waals surface area (Å²) in [6.45, 7) is 6.55. The third-order valence-electron chi connectivity index (χ3n) is 6.72. The number of carbonyl (C=O) groups is 2. The third kappa shape index (κ3) is 5.35. The summed E-state index contributed by atoms with van der Waals surface area (Å²) in [4.78, 5) is 30.9. The average Bonchev–Trinajstić information content (AvgIpc) is 3.55. The molecule has 2 aliphatic rings. The first-order valence-electron chi connectivity index (χ1n) is 12.2. The first-order valence-corrected chi connectivity index (χ1v) is 13.8. The molecule has 2 atom stereocenters. The molecular weight excluding hydrogens is 529 g/mol. The van der Waals surface area contributed by atoms with Gasteiger partial charge in [-0.3, -0.25) is 4.79 Å². The number of carbonyl (C=O) groups excluding carboxylic acids is 2. The van der Waals surface area contributed by atoms with Crippen LogP contribution in [0.15, 0.2) is 58.5 Å². The summed E-state index contributed by atoms with van der Waals surface area (Å²) in [6, 6.07) is 12.2. The smallest absolute Gasteiger partial charge is 0.410 e. The maximum absolute atomic E-state index is 12.9. The normalized spacial score (nSPS) is 19.4. The minimum atomic E-state index is -0.540. The number of benzene rings is 2. The summed E-state index contributed by atoms with van der Waals surface area (Å²) < 4.78 is 7.59. The van der Waals surface area contributed by atoms with Crippen LogP contribution < -0.4 is 0 Å². The Bertz CT molecular complexity index is 1410. The van der Waals surface area contributed by atoms with Crippen LogP contribution in [-0.4, -0.2) is 57.1 Å². The van der Waals surface area contributed by atoms with Crippen LogP contribution in [-0.2, 0) is 16.6 Å². The van der Waals surface area contributed by atoms with Gasteiger partial charge in [0.05, 0.1) is 22.1 Å². The third-order valence-corrected chi connectivity index (χ3v) is 8.78. The van der Waals surface area contributed by atoms with Crippen LogP contribution in [0.2, 0.25) is 10.0 Å². The largest absolute Gasteiger partial charge is 0.444 e. The molecule has 2 aliphatic heterocycles. The van der Waals surface area contributed by atoms with Gasteiger partial charge in [-0.05, 0) is 69.2 Å². The number of nitrogens with zero attached hydrogens (tertiary/aromatic N) is 3. The van der Waals surface area contributed by atoms with Crippen LogP contribution in [0.1, 0.15) is 32.8 Å². The SMILES string of the molecule is Cn1ccc2cc(Sc3ccc(/C=C/C(=O)N4CC5CC4CN5C(=O)OC(C)(C)C)c(Cl)c3Cl)ccc21. The molecule has 0 radical (unpaired) electrons. The second kappa shape index (κ2) is 9.93. The molecule has 2 fully saturated rings. The van der Waals surface area contributed by atoms with Crippen molar-refractivity contribution in [3.05, 3.63) is 64.3 Å². The summed E-state index contributed by atoms with van der Waals surface area (Å²) in [5.74, 6) is -0.0989. The molecule has 2 unspecified atom stereocenters. The van der Waals surface area contributed by atoms with Crippen molar-refractivity contribution in [3.8, 4) is 0 Å². The molecule has 2 saturated heterocycles. The molecule has 194 valence electrons. The number of ether oxygens (including phenoxy) is 1. The fraction of sp³-hybridized carbons (Fsp3) is 0.357. The zero-order chi connectivity index (χ0) is 26.5. The Morgan fingerprint density at radius 1 is 1.03 bits per heavy atom. The molecule has 6 nitrogen and oxygen atoms in total. The molecule has 3 heterocycles. The summed E-state index contributed by atoms with van der Waals surface area (Å²) in [6.07, 6.45) is 5.73. The van der Waals surface area contributed by atoms with Crippen molar-refractivity contribution < 1.29 is 14.3 Å². The first-order chi connectivity index (χ1) is 17.5. The van der Waals surface area contributed by atoms with Gasteiger partial charge in [0.25, 0.3) is 0 Å². The number of piperazine rings is 1. The van der Waals surface area contributed by atoms with Gasteiger partial charge < -0.3 is 19.1 Å². The molecule has 0 N–H and O–H groups in total. The Morgan fingerprint density at radius 2 is 1.76 bits per heavy atom. The lowest BCUT2D eigenvalue weighted by molar-refractivity contribution is -0.128. The van der Waals surface area contributed by atoms with Gasteiger partial charge in [-0.1, -0.05) is 41.0 Å². The molecule has 9 heteroatoms. The van der Waals surface area contributed by atoms with Gasteiger partial charge in [-0.15, -0.1) is 0 Å². The van der Waals surface area contributed by atoms with E-state index in [0.717, 1.165) is 21.6 Å². The Hall–Kier alpha value is -2.61. The monoisotopic (exact) mass is 557 g/mol. The number of fused-ring (bicyclic) bond motifs is 3. The lowest BCUT2D eigenvalue weighted by atomic mass is 10.2. The fourth-order valence-corrected chi connectivity index (χ4v) is 6.42. The van der Waals surface area contributed by atoms with E-state index in [1.165, 1.54) is 11.6 Å². The minimum absolute atomic E-state index is 0.00513. The zero-order valence-electron chi connectivity index (χ0n) is 21.2. The van der Waals surface area contributed by atoms with Gasteiger partial charge in [-0.25, -0.2) is 4.79 Å². The first kappa shape index (κ1) is 26.0. The number of aryl methyl sites for hydroxylation is 1. The van der Waals surface area contributed by atoms with Crippen LogP contribution in [0.25, 0.3) is 17.0 Å². The highest BCUT2D eigenvalue weighted by atomic mass is 35.5. The van der Waals surface area contributed by atoms with E-state index >= 15 is 0 Å². The molecule has 3 aromatic rings. The topological polar surface area (TPSA) is 54.8 Å². The highest BCUT2D eigenvalue weighted by Gasteiger charge is 2.47. The molecule has 0 saturated carbocycles. The predicted molar refractivity (Wildman–Crippen MR) is 149 cm³/mol. The summed E-state index contributed by atoms with van der Waals surface area (Å²) in [5.41, 5.74) is 1.31. The van der Waals surface area contributed by atoms with E-state index in [1.54, 1.807) is 22.7 Å². The van der Waals surface area contributed by atoms with Crippen molar-refractivity contribution in [2.45, 2.75) is 54.7 Å². The fourth-order valence-electron chi connectivity index (χ4n) is 4.94. The zero-order valence-corrected chi connectivity index (χ0v) is 23.5. The van der Waals surface area contributed by atoms with Crippen LogP contribution in [0.5, 0.6) is 0 Å². The number of hydrogen-bond donors (Lipinski definition) is 0. The second-order valence-corrected chi connectivity index (χ2v) is 12.4. The minimum Gasteiger partial charge on any atom is -0.444 e. The van der Waals surface area contributed by atoms with E-state index in [2.05, 4.69) is 28.8 Å². The van der Waals surface area contributed by atoms with Gasteiger partial charge in [0.2, 0.25) is 5.91 Å². The number of aromatic nitrogens is 1. The number of amides is 2. The summed E-state index contributed by atoms with van der Waals surface area (Å²) in [7, 11) is 2.02. The lowest BCUT2D eigenvalue weighted by Crippen LogP contribution is -2.51. The Labute approximate surface area is 231 Å². The highest BCUT2D eigenvalue weighted by Crippen LogP contribution is 2.40. The number of likely N-dealkylation sites (tertiary alicyclic amines) is 2. The van der Waals surface area contributed by atoms with Gasteiger partial charge in [0, 0.05) is 53.1 Å². The number of halogens is 2. The molecular formula is C28H29Cl2N3O3S. The van der Waals surface area contributed by atoms with E-state index in [-0.39, 0.29) is 24.1 Å². The van der Waals surface area contributed by atoms with Crippen LogP contribution in [0.4, 0.5) is 4.79 Å². The standard InChI is InChI=1S/C28H29Cl2N3O3S/c1-28(2,3)36-27(35)33-16-19-14-20(33)15-32(19)24(34)10-6-17-5-9-23(26(30)25(17)29)37-21-7-8-22-18(13-21)11-12-31(22)4/h5-13,19-20H,14-16H2,1-4H3/b10-6+. The van der Waals surface area contributed by atoms with Gasteiger partial charge in [-0.2, -0.15) is 0 Å². The summed E-state index contributed by atoms with van der Waals surface area (Å²) >= 11 is 14.8. The van der Waals surface area contributed by atoms with Crippen LogP contribution in [0, 0.1) is 0 Å². The van der Waals surface area contributed by atoms with Gasteiger partial charge in [0.15, 0.2) is 0 Å². The van der Waals surface area contributed by atoms with E-state index in [9.17, 15) is 9.59 Å². The molecule has 1 aromatic heterocycles. The van der Waals surface area contributed by atoms with Crippen LogP contribution >= 0.6 is 35.0 Å². The van der Waals surface area contributed by atoms with Crippen molar-refractivity contribution >= 4 is 63.9 Å². The van der Waals surface area contributed by atoms with E-state index in [4.69, 9.17) is 27.9 Å². The maximum atomic E-state index is 12.9. The van der Waals surface area contributed by atoms with Crippen molar-refractivity contribution in [2.75, 3.05) is 13.1 Å².